The molecule has 14 heteroatoms. The quantitative estimate of drug-likeness (QED) is 0.142. The van der Waals surface area contributed by atoms with E-state index in [-0.39, 0.29) is 0 Å². The molecule has 0 atom stereocenters. The van der Waals surface area contributed by atoms with Crippen LogP contribution in [-0.4, -0.2) is 73.5 Å². The first-order valence-corrected chi connectivity index (χ1v) is 10.4. The van der Waals surface area contributed by atoms with Crippen LogP contribution in [-0.2, 0) is 9.13 Å². The van der Waals surface area contributed by atoms with E-state index in [2.05, 4.69) is 4.90 Å². The molecule has 0 aliphatic heterocycles. The number of unbranched alkanes of at least 4 members (excludes halogenated alkanes) is 1. The third kappa shape index (κ3) is 57.4. The highest BCUT2D eigenvalue weighted by Gasteiger charge is 2.02. The molecule has 24 heavy (non-hydrogen) atoms. The van der Waals surface area contributed by atoms with Crippen molar-refractivity contribution in [3.8, 4) is 0 Å². The van der Waals surface area contributed by atoms with E-state index in [1.165, 1.54) is 6.42 Å². The largest absolute Gasteiger partial charge is 0.466 e. The van der Waals surface area contributed by atoms with Gasteiger partial charge in [0.05, 0.1) is 0 Å². The lowest BCUT2D eigenvalue weighted by atomic mass is 10.2. The predicted octanol–water partition coefficient (Wildman–Crippen LogP) is -2.13. The fraction of sp³-hybridized carbons (Fsp3) is 1.00. The van der Waals surface area contributed by atoms with Gasteiger partial charge < -0.3 is 51.5 Å². The van der Waals surface area contributed by atoms with Crippen molar-refractivity contribution in [3.63, 3.8) is 0 Å². The van der Waals surface area contributed by atoms with Gasteiger partial charge in [-0.05, 0) is 65.0 Å². The van der Waals surface area contributed by atoms with Crippen molar-refractivity contribution in [2.45, 2.75) is 25.7 Å². The van der Waals surface area contributed by atoms with Crippen LogP contribution in [0.2, 0.25) is 0 Å². The molecule has 0 aliphatic carbocycles. The zero-order valence-electron chi connectivity index (χ0n) is 13.6. The molecule has 0 rings (SSSR count). The number of hydrogen-bond acceptors (Lipinski definition) is 6. The van der Waals surface area contributed by atoms with Gasteiger partial charge in [-0.25, -0.2) is 9.13 Å². The Kier molecular flexibility index (Phi) is 21.5. The summed E-state index contributed by atoms with van der Waals surface area (Å²) in [7, 11) is -9.28. The fourth-order valence-electron chi connectivity index (χ4n) is 1.44. The number of phosphoric acid groups is 2. The molecule has 0 aromatic rings. The Morgan fingerprint density at radius 3 is 1.08 bits per heavy atom. The van der Waals surface area contributed by atoms with Crippen LogP contribution < -0.4 is 17.2 Å². The summed E-state index contributed by atoms with van der Waals surface area (Å²) in [6.07, 6.45) is 4.45. The van der Waals surface area contributed by atoms with Gasteiger partial charge in [0, 0.05) is 0 Å². The molecule has 0 amide bonds. The molecule has 0 aliphatic rings. The Hall–Kier alpha value is 0.0600. The minimum atomic E-state index is -4.64. The van der Waals surface area contributed by atoms with Crippen molar-refractivity contribution >= 4 is 15.6 Å². The molecule has 150 valence electrons. The normalized spacial score (nSPS) is 11.4. The molecular formula is C10H32N4O8P2. The van der Waals surface area contributed by atoms with Crippen molar-refractivity contribution in [1.82, 2.24) is 4.90 Å². The number of rotatable bonds is 10. The van der Waals surface area contributed by atoms with E-state index in [9.17, 15) is 0 Å². The SMILES string of the molecule is NCCCCN(CCCN)CCCN.O=P(O)(O)O.O=P(O)(O)O. The summed E-state index contributed by atoms with van der Waals surface area (Å²) in [6.45, 7) is 5.67. The number of hydrogen-bond donors (Lipinski definition) is 9. The van der Waals surface area contributed by atoms with Crippen molar-refractivity contribution in [2.24, 2.45) is 17.2 Å². The van der Waals surface area contributed by atoms with Gasteiger partial charge in [0.25, 0.3) is 0 Å². The molecular weight excluding hydrogens is 366 g/mol. The lowest BCUT2D eigenvalue weighted by molar-refractivity contribution is 0.265. The van der Waals surface area contributed by atoms with Gasteiger partial charge in [0.1, 0.15) is 0 Å². The first kappa shape index (κ1) is 28.8. The highest BCUT2D eigenvalue weighted by Crippen LogP contribution is 2.26. The minimum absolute atomic E-state index is 0.774. The number of nitrogens with two attached hydrogens (primary N) is 3. The van der Waals surface area contributed by atoms with Gasteiger partial charge in [0.15, 0.2) is 0 Å². The van der Waals surface area contributed by atoms with Gasteiger partial charge in [0.2, 0.25) is 0 Å². The van der Waals surface area contributed by atoms with Crippen LogP contribution in [0.5, 0.6) is 0 Å². The monoisotopic (exact) mass is 398 g/mol. The predicted molar refractivity (Wildman–Crippen MR) is 90.6 cm³/mol. The molecule has 0 heterocycles. The van der Waals surface area contributed by atoms with E-state index in [0.717, 1.165) is 58.5 Å². The summed E-state index contributed by atoms with van der Waals surface area (Å²) in [5.41, 5.74) is 16.4. The third-order valence-electron chi connectivity index (χ3n) is 2.29. The van der Waals surface area contributed by atoms with Crippen LogP contribution >= 0.6 is 15.6 Å². The van der Waals surface area contributed by atoms with E-state index < -0.39 is 15.6 Å². The Labute approximate surface area is 142 Å². The second-order valence-electron chi connectivity index (χ2n) is 4.65. The summed E-state index contributed by atoms with van der Waals surface area (Å²) < 4.78 is 17.8. The van der Waals surface area contributed by atoms with Crippen molar-refractivity contribution in [3.05, 3.63) is 0 Å². The summed E-state index contributed by atoms with van der Waals surface area (Å²) in [4.78, 5) is 45.6. The maximum atomic E-state index is 8.88. The van der Waals surface area contributed by atoms with Crippen LogP contribution in [0, 0.1) is 0 Å². The van der Waals surface area contributed by atoms with Crippen molar-refractivity contribution in [2.75, 3.05) is 39.3 Å². The standard InChI is InChI=1S/C10H26N4.2H3O4P/c11-5-1-2-8-14(9-3-6-12)10-4-7-13;2*1-5(2,3)4/h1-13H2;2*(H3,1,2,3,4). The fourth-order valence-corrected chi connectivity index (χ4v) is 1.44. The molecule has 0 spiro atoms. The molecule has 0 radical (unpaired) electrons. The molecule has 12 nitrogen and oxygen atoms in total. The molecule has 0 unspecified atom stereocenters. The van der Waals surface area contributed by atoms with E-state index in [1.54, 1.807) is 0 Å². The molecule has 0 aromatic heterocycles. The number of nitrogens with zero attached hydrogens (tertiary/aromatic N) is 1. The highest BCUT2D eigenvalue weighted by atomic mass is 31.2. The average Bonchev–Trinajstić information content (AvgIpc) is 2.37. The van der Waals surface area contributed by atoms with Crippen LogP contribution in [0.15, 0.2) is 0 Å². The lowest BCUT2D eigenvalue weighted by Gasteiger charge is -2.21. The Balaban J connectivity index is -0.000000361. The van der Waals surface area contributed by atoms with Crippen molar-refractivity contribution < 1.29 is 38.5 Å². The molecule has 0 saturated heterocycles. The molecule has 0 fully saturated rings. The molecule has 12 N–H and O–H groups in total. The second-order valence-corrected chi connectivity index (χ2v) is 6.70. The summed E-state index contributed by atoms with van der Waals surface area (Å²) >= 11 is 0. The van der Waals surface area contributed by atoms with Gasteiger partial charge in [-0.1, -0.05) is 0 Å². The average molecular weight is 398 g/mol. The lowest BCUT2D eigenvalue weighted by Crippen LogP contribution is -2.30. The Morgan fingerprint density at radius 2 is 0.833 bits per heavy atom. The minimum Gasteiger partial charge on any atom is -0.330 e. The highest BCUT2D eigenvalue weighted by molar-refractivity contribution is 7.45. The van der Waals surface area contributed by atoms with E-state index in [1.807, 2.05) is 0 Å². The van der Waals surface area contributed by atoms with Gasteiger partial charge in [-0.15, -0.1) is 0 Å². The van der Waals surface area contributed by atoms with Gasteiger partial charge >= 0.3 is 15.6 Å². The molecule has 0 aromatic carbocycles. The summed E-state index contributed by atoms with van der Waals surface area (Å²) in [5.74, 6) is 0. The van der Waals surface area contributed by atoms with Gasteiger partial charge in [-0.2, -0.15) is 0 Å². The van der Waals surface area contributed by atoms with E-state index >= 15 is 0 Å². The van der Waals surface area contributed by atoms with Crippen molar-refractivity contribution in [1.29, 1.82) is 0 Å². The maximum Gasteiger partial charge on any atom is 0.466 e. The third-order valence-corrected chi connectivity index (χ3v) is 2.29. The second kappa shape index (κ2) is 17.9. The summed E-state index contributed by atoms with van der Waals surface area (Å²) in [6, 6.07) is 0. The first-order valence-electron chi connectivity index (χ1n) is 7.24. The maximum absolute atomic E-state index is 8.88. The van der Waals surface area contributed by atoms with Crippen LogP contribution in [0.3, 0.4) is 0 Å². The van der Waals surface area contributed by atoms with Crippen LogP contribution in [0.4, 0.5) is 0 Å². The molecule has 0 bridgehead atoms. The van der Waals surface area contributed by atoms with E-state index in [0.29, 0.717) is 0 Å². The smallest absolute Gasteiger partial charge is 0.330 e. The van der Waals surface area contributed by atoms with Crippen LogP contribution in [0.25, 0.3) is 0 Å². The van der Waals surface area contributed by atoms with E-state index in [4.69, 9.17) is 55.7 Å². The first-order chi connectivity index (χ1) is 10.8. The topological polar surface area (TPSA) is 237 Å². The Bertz CT molecular complexity index is 307. The summed E-state index contributed by atoms with van der Waals surface area (Å²) in [5, 5.41) is 0. The zero-order chi connectivity index (χ0) is 19.6. The zero-order valence-corrected chi connectivity index (χ0v) is 15.4. The van der Waals surface area contributed by atoms with Crippen LogP contribution in [0.1, 0.15) is 25.7 Å². The molecule has 0 saturated carbocycles. The van der Waals surface area contributed by atoms with Gasteiger partial charge in [-0.3, -0.25) is 0 Å². The Morgan fingerprint density at radius 1 is 0.583 bits per heavy atom.